The number of rotatable bonds is 5. The van der Waals surface area contributed by atoms with Crippen molar-refractivity contribution in [1.82, 2.24) is 10.2 Å². The molecule has 2 rings (SSSR count). The van der Waals surface area contributed by atoms with Gasteiger partial charge in [-0.25, -0.2) is 0 Å². The quantitative estimate of drug-likeness (QED) is 0.438. The first-order valence-electron chi connectivity index (χ1n) is 7.43. The van der Waals surface area contributed by atoms with Gasteiger partial charge < -0.3 is 10.1 Å². The van der Waals surface area contributed by atoms with Crippen LogP contribution in [0, 0.1) is 11.8 Å². The van der Waals surface area contributed by atoms with Gasteiger partial charge in [0, 0.05) is 6.54 Å². The molecule has 0 aromatic carbocycles. The van der Waals surface area contributed by atoms with Crippen LogP contribution in [0.25, 0.3) is 0 Å². The van der Waals surface area contributed by atoms with E-state index in [4.69, 9.17) is 4.74 Å². The lowest BCUT2D eigenvalue weighted by Gasteiger charge is -2.16. The largest absolute Gasteiger partial charge is 0.451 e. The smallest absolute Gasteiger partial charge is 0.326 e. The van der Waals surface area contributed by atoms with Crippen molar-refractivity contribution < 1.29 is 23.9 Å². The Bertz CT molecular complexity index is 502. The molecule has 7 heteroatoms. The summed E-state index contributed by atoms with van der Waals surface area (Å²) in [5.41, 5.74) is 0. The SMILES string of the molecule is CCNC(=O)[C@H](C)OC(=O)CN1C(=O)[C@H]2CC=CC[C@@H]2C1=O. The number of imide groups is 1. The van der Waals surface area contributed by atoms with Crippen LogP contribution in [0.4, 0.5) is 0 Å². The van der Waals surface area contributed by atoms with E-state index in [0.29, 0.717) is 19.4 Å². The van der Waals surface area contributed by atoms with Crippen molar-refractivity contribution in [2.24, 2.45) is 11.8 Å². The van der Waals surface area contributed by atoms with Crippen LogP contribution in [0.3, 0.4) is 0 Å². The normalized spacial score (nSPS) is 24.9. The number of amides is 3. The number of nitrogens with zero attached hydrogens (tertiary/aromatic N) is 1. The fraction of sp³-hybridized carbons (Fsp3) is 0.600. The highest BCUT2D eigenvalue weighted by Gasteiger charge is 2.47. The molecule has 1 heterocycles. The van der Waals surface area contributed by atoms with Crippen LogP contribution in [0.5, 0.6) is 0 Å². The molecule has 120 valence electrons. The third-order valence-electron chi connectivity index (χ3n) is 3.91. The molecule has 0 unspecified atom stereocenters. The minimum absolute atomic E-state index is 0.332. The van der Waals surface area contributed by atoms with Gasteiger partial charge in [-0.3, -0.25) is 24.1 Å². The van der Waals surface area contributed by atoms with E-state index >= 15 is 0 Å². The lowest BCUT2D eigenvalue weighted by atomic mass is 9.85. The predicted molar refractivity (Wildman–Crippen MR) is 76.3 cm³/mol. The van der Waals surface area contributed by atoms with E-state index in [0.717, 1.165) is 4.90 Å². The van der Waals surface area contributed by atoms with Crippen molar-refractivity contribution in [2.75, 3.05) is 13.1 Å². The fourth-order valence-corrected chi connectivity index (χ4v) is 2.76. The third kappa shape index (κ3) is 3.18. The van der Waals surface area contributed by atoms with Crippen LogP contribution in [0.2, 0.25) is 0 Å². The van der Waals surface area contributed by atoms with Crippen LogP contribution in [-0.2, 0) is 23.9 Å². The summed E-state index contributed by atoms with van der Waals surface area (Å²) in [6.45, 7) is 3.19. The number of likely N-dealkylation sites (N-methyl/N-ethyl adjacent to an activating group) is 1. The van der Waals surface area contributed by atoms with Gasteiger partial charge in [0.25, 0.3) is 5.91 Å². The number of allylic oxidation sites excluding steroid dienone is 2. The molecule has 0 aromatic heterocycles. The maximum Gasteiger partial charge on any atom is 0.326 e. The van der Waals surface area contributed by atoms with Gasteiger partial charge >= 0.3 is 5.97 Å². The van der Waals surface area contributed by atoms with Crippen LogP contribution < -0.4 is 5.32 Å². The molecule has 7 nitrogen and oxygen atoms in total. The van der Waals surface area contributed by atoms with Crippen molar-refractivity contribution in [2.45, 2.75) is 32.8 Å². The molecule has 0 spiro atoms. The Hall–Kier alpha value is -2.18. The summed E-state index contributed by atoms with van der Waals surface area (Å²) in [7, 11) is 0. The lowest BCUT2D eigenvalue weighted by Crippen LogP contribution is -2.40. The van der Waals surface area contributed by atoms with E-state index in [1.165, 1.54) is 6.92 Å². The number of fused-ring (bicyclic) bond motifs is 1. The summed E-state index contributed by atoms with van der Waals surface area (Å²) in [5, 5.41) is 2.53. The fourth-order valence-electron chi connectivity index (χ4n) is 2.76. The molecule has 3 amide bonds. The predicted octanol–water partition coefficient (Wildman–Crippen LogP) is 0.00540. The number of hydrogen-bond donors (Lipinski definition) is 1. The van der Waals surface area contributed by atoms with Crippen LogP contribution in [-0.4, -0.2) is 47.8 Å². The highest BCUT2D eigenvalue weighted by atomic mass is 16.5. The van der Waals surface area contributed by atoms with E-state index < -0.39 is 24.5 Å². The molecule has 0 radical (unpaired) electrons. The zero-order chi connectivity index (χ0) is 16.3. The van der Waals surface area contributed by atoms with Gasteiger partial charge in [0.2, 0.25) is 11.8 Å². The van der Waals surface area contributed by atoms with Crippen LogP contribution in [0.1, 0.15) is 26.7 Å². The van der Waals surface area contributed by atoms with E-state index in [1.807, 2.05) is 12.2 Å². The zero-order valence-electron chi connectivity index (χ0n) is 12.7. The third-order valence-corrected chi connectivity index (χ3v) is 3.91. The van der Waals surface area contributed by atoms with E-state index in [2.05, 4.69) is 5.32 Å². The van der Waals surface area contributed by atoms with Gasteiger partial charge in [-0.2, -0.15) is 0 Å². The summed E-state index contributed by atoms with van der Waals surface area (Å²) < 4.78 is 4.96. The number of carbonyl (C=O) groups excluding carboxylic acids is 4. The van der Waals surface area contributed by atoms with Gasteiger partial charge in [0.1, 0.15) is 6.54 Å². The number of carbonyl (C=O) groups is 4. The second kappa shape index (κ2) is 6.72. The molecule has 0 aromatic rings. The Balaban J connectivity index is 1.93. The molecule has 1 N–H and O–H groups in total. The van der Waals surface area contributed by atoms with Crippen molar-refractivity contribution in [3.8, 4) is 0 Å². The summed E-state index contributed by atoms with van der Waals surface area (Å²) >= 11 is 0. The van der Waals surface area contributed by atoms with Crippen LogP contribution >= 0.6 is 0 Å². The first-order chi connectivity index (χ1) is 10.5. The van der Waals surface area contributed by atoms with Crippen molar-refractivity contribution in [1.29, 1.82) is 0 Å². The second-order valence-electron chi connectivity index (χ2n) is 5.45. The molecule has 22 heavy (non-hydrogen) atoms. The number of likely N-dealkylation sites (tertiary alicyclic amines) is 1. The van der Waals surface area contributed by atoms with E-state index in [1.54, 1.807) is 6.92 Å². The number of ether oxygens (including phenoxy) is 1. The summed E-state index contributed by atoms with van der Waals surface area (Å²) in [5.74, 6) is -2.57. The first-order valence-corrected chi connectivity index (χ1v) is 7.43. The molecule has 2 aliphatic rings. The molecule has 0 bridgehead atoms. The molecule has 1 aliphatic heterocycles. The van der Waals surface area contributed by atoms with Gasteiger partial charge in [-0.1, -0.05) is 12.2 Å². The Kier molecular flexibility index (Phi) is 4.95. The lowest BCUT2D eigenvalue weighted by molar-refractivity contribution is -0.159. The molecular weight excluding hydrogens is 288 g/mol. The number of nitrogens with one attached hydrogen (secondary N) is 1. The zero-order valence-corrected chi connectivity index (χ0v) is 12.7. The van der Waals surface area contributed by atoms with Crippen molar-refractivity contribution >= 4 is 23.7 Å². The Labute approximate surface area is 128 Å². The Morgan fingerprint density at radius 2 is 1.82 bits per heavy atom. The molecule has 1 fully saturated rings. The van der Waals surface area contributed by atoms with Gasteiger partial charge in [-0.05, 0) is 26.7 Å². The van der Waals surface area contributed by atoms with Gasteiger partial charge in [0.15, 0.2) is 6.10 Å². The number of hydrogen-bond acceptors (Lipinski definition) is 5. The topological polar surface area (TPSA) is 92.8 Å². The Morgan fingerprint density at radius 3 is 2.32 bits per heavy atom. The standard InChI is InChI=1S/C15H20N2O5/c1-3-16-13(19)9(2)22-12(18)8-17-14(20)10-6-4-5-7-11(10)15(17)21/h4-5,9-11H,3,6-8H2,1-2H3,(H,16,19)/t9-,10-,11-/m0/s1. The van der Waals surface area contributed by atoms with Gasteiger partial charge in [-0.15, -0.1) is 0 Å². The molecule has 0 saturated carbocycles. The van der Waals surface area contributed by atoms with Crippen LogP contribution in [0.15, 0.2) is 12.2 Å². The minimum atomic E-state index is -0.954. The average molecular weight is 308 g/mol. The highest BCUT2D eigenvalue weighted by Crippen LogP contribution is 2.34. The van der Waals surface area contributed by atoms with E-state index in [-0.39, 0.29) is 23.7 Å². The highest BCUT2D eigenvalue weighted by molar-refractivity contribution is 6.07. The monoisotopic (exact) mass is 308 g/mol. The summed E-state index contributed by atoms with van der Waals surface area (Å²) in [6, 6.07) is 0. The summed E-state index contributed by atoms with van der Waals surface area (Å²) in [6.07, 6.45) is 3.85. The Morgan fingerprint density at radius 1 is 1.27 bits per heavy atom. The maximum atomic E-state index is 12.2. The van der Waals surface area contributed by atoms with Crippen molar-refractivity contribution in [3.05, 3.63) is 12.2 Å². The second-order valence-corrected chi connectivity index (χ2v) is 5.45. The van der Waals surface area contributed by atoms with E-state index in [9.17, 15) is 19.2 Å². The maximum absolute atomic E-state index is 12.2. The average Bonchev–Trinajstić information content (AvgIpc) is 2.73. The molecular formula is C15H20N2O5. The van der Waals surface area contributed by atoms with Gasteiger partial charge in [0.05, 0.1) is 11.8 Å². The summed E-state index contributed by atoms with van der Waals surface area (Å²) in [4.78, 5) is 48.7. The first kappa shape index (κ1) is 16.2. The minimum Gasteiger partial charge on any atom is -0.451 e. The molecule has 1 aliphatic carbocycles. The van der Waals surface area contributed by atoms with Crippen molar-refractivity contribution in [3.63, 3.8) is 0 Å². The molecule has 3 atom stereocenters. The number of esters is 1. The molecule has 1 saturated heterocycles.